The fourth-order valence-electron chi connectivity index (χ4n) is 2.78. The molecular weight excluding hydrogens is 322 g/mol. The van der Waals surface area contributed by atoms with Gasteiger partial charge in [0.25, 0.3) is 0 Å². The number of hydrogen-bond donors (Lipinski definition) is 3. The van der Waals surface area contributed by atoms with Crippen molar-refractivity contribution in [1.29, 1.82) is 0 Å². The summed E-state index contributed by atoms with van der Waals surface area (Å²) in [5.74, 6) is 0.193. The molecule has 1 aromatic carbocycles. The van der Waals surface area contributed by atoms with E-state index in [0.29, 0.717) is 12.1 Å². The van der Waals surface area contributed by atoms with Crippen LogP contribution >= 0.6 is 0 Å². The van der Waals surface area contributed by atoms with Crippen molar-refractivity contribution in [2.24, 2.45) is 0 Å². The Labute approximate surface area is 144 Å². The number of fused-ring (bicyclic) bond motifs is 1. The monoisotopic (exact) mass is 341 g/mol. The lowest BCUT2D eigenvalue weighted by molar-refractivity contribution is 0.0951. The van der Waals surface area contributed by atoms with E-state index >= 15 is 0 Å². The molecule has 0 saturated heterocycles. The first-order valence-electron chi connectivity index (χ1n) is 7.89. The molecule has 0 saturated carbocycles. The maximum absolute atomic E-state index is 11.5. The van der Waals surface area contributed by atoms with E-state index in [4.69, 9.17) is 0 Å². The van der Waals surface area contributed by atoms with Crippen LogP contribution in [0.15, 0.2) is 55.0 Å². The van der Waals surface area contributed by atoms with Crippen LogP contribution < -0.4 is 0 Å². The predicted octanol–water partition coefficient (Wildman–Crippen LogP) is 2.46. The highest BCUT2D eigenvalue weighted by Gasteiger charge is 2.18. The molecule has 0 fully saturated rings. The Kier molecular flexibility index (Phi) is 4.85. The average Bonchev–Trinajstić information content (AvgIpc) is 3.03. The van der Waals surface area contributed by atoms with E-state index < -0.39 is 12.2 Å². The molecule has 2 aromatic heterocycles. The summed E-state index contributed by atoms with van der Waals surface area (Å²) in [6, 6.07) is 10.4. The first kappa shape index (κ1) is 16.8. The Morgan fingerprint density at radius 2 is 2.08 bits per heavy atom. The number of phenolic OH excluding ortho intramolecular Hbond substituents is 1. The van der Waals surface area contributed by atoms with Crippen molar-refractivity contribution in [3.8, 4) is 5.75 Å². The van der Waals surface area contributed by atoms with Crippen molar-refractivity contribution in [1.82, 2.24) is 14.5 Å². The summed E-state index contributed by atoms with van der Waals surface area (Å²) in [7, 11) is 0. The standard InChI is InChI=1S/C18H19N3O4/c22-16-5-1-4-15-14(16)6-8-20(15)9-10-21(18(24)25)12-17(23)13-3-2-7-19-11-13/h1-8,11,17,22-23H,9-10,12H2,(H,24,25)/t17-/m1/s1. The van der Waals surface area contributed by atoms with Gasteiger partial charge in [0.1, 0.15) is 5.75 Å². The molecule has 130 valence electrons. The van der Waals surface area contributed by atoms with Crippen LogP contribution in [0.1, 0.15) is 11.7 Å². The Morgan fingerprint density at radius 1 is 1.24 bits per heavy atom. The predicted molar refractivity (Wildman–Crippen MR) is 92.4 cm³/mol. The molecule has 0 radical (unpaired) electrons. The van der Waals surface area contributed by atoms with Crippen LogP contribution in [0.25, 0.3) is 10.9 Å². The van der Waals surface area contributed by atoms with Crippen molar-refractivity contribution < 1.29 is 20.1 Å². The van der Waals surface area contributed by atoms with Crippen molar-refractivity contribution in [2.75, 3.05) is 13.1 Å². The van der Waals surface area contributed by atoms with Crippen molar-refractivity contribution in [3.05, 3.63) is 60.6 Å². The number of aromatic hydroxyl groups is 1. The highest BCUT2D eigenvalue weighted by Crippen LogP contribution is 2.25. The van der Waals surface area contributed by atoms with E-state index in [1.807, 2.05) is 16.8 Å². The fraction of sp³-hybridized carbons (Fsp3) is 0.222. The zero-order valence-corrected chi connectivity index (χ0v) is 13.5. The van der Waals surface area contributed by atoms with E-state index in [2.05, 4.69) is 4.98 Å². The molecule has 7 heteroatoms. The van der Waals surface area contributed by atoms with Crippen molar-refractivity contribution >= 4 is 17.0 Å². The van der Waals surface area contributed by atoms with Crippen LogP contribution in [0, 0.1) is 0 Å². The van der Waals surface area contributed by atoms with Crippen LogP contribution in [0.2, 0.25) is 0 Å². The van der Waals surface area contributed by atoms with Gasteiger partial charge in [0.2, 0.25) is 0 Å². The van der Waals surface area contributed by atoms with E-state index in [1.165, 1.54) is 11.1 Å². The second kappa shape index (κ2) is 7.23. The Bertz CT molecular complexity index is 863. The number of pyridine rings is 1. The SMILES string of the molecule is O=C(O)N(CCn1ccc2c(O)cccc21)C[C@@H](O)c1cccnc1. The fourth-order valence-corrected chi connectivity index (χ4v) is 2.78. The molecule has 2 heterocycles. The number of amides is 1. The molecule has 3 N–H and O–H groups in total. The first-order valence-corrected chi connectivity index (χ1v) is 7.89. The number of aromatic nitrogens is 2. The average molecular weight is 341 g/mol. The summed E-state index contributed by atoms with van der Waals surface area (Å²) in [5, 5.41) is 30.2. The van der Waals surface area contributed by atoms with Gasteiger partial charge in [0, 0.05) is 42.6 Å². The van der Waals surface area contributed by atoms with Crippen LogP contribution in [-0.2, 0) is 6.54 Å². The van der Waals surface area contributed by atoms with Gasteiger partial charge in [0.05, 0.1) is 18.2 Å². The van der Waals surface area contributed by atoms with Crippen molar-refractivity contribution in [3.63, 3.8) is 0 Å². The summed E-state index contributed by atoms with van der Waals surface area (Å²) in [6.07, 6.45) is 2.89. The van der Waals surface area contributed by atoms with Crippen LogP contribution in [0.4, 0.5) is 4.79 Å². The van der Waals surface area contributed by atoms with Gasteiger partial charge in [-0.2, -0.15) is 0 Å². The number of rotatable bonds is 6. The molecular formula is C18H19N3O4. The second-order valence-corrected chi connectivity index (χ2v) is 5.75. The molecule has 3 aromatic rings. The largest absolute Gasteiger partial charge is 0.507 e. The summed E-state index contributed by atoms with van der Waals surface area (Å²) < 4.78 is 1.88. The van der Waals surface area contributed by atoms with Gasteiger partial charge in [-0.3, -0.25) is 4.98 Å². The van der Waals surface area contributed by atoms with E-state index in [1.54, 1.807) is 36.5 Å². The minimum absolute atomic E-state index is 0.0362. The van der Waals surface area contributed by atoms with Gasteiger partial charge in [-0.05, 0) is 24.3 Å². The molecule has 0 unspecified atom stereocenters. The third-order valence-electron chi connectivity index (χ3n) is 4.13. The first-order chi connectivity index (χ1) is 12.1. The van der Waals surface area contributed by atoms with E-state index in [0.717, 1.165) is 10.9 Å². The third kappa shape index (κ3) is 3.72. The van der Waals surface area contributed by atoms with Gasteiger partial charge in [-0.15, -0.1) is 0 Å². The molecule has 0 bridgehead atoms. The highest BCUT2D eigenvalue weighted by molar-refractivity contribution is 5.86. The minimum Gasteiger partial charge on any atom is -0.507 e. The summed E-state index contributed by atoms with van der Waals surface area (Å²) >= 11 is 0. The van der Waals surface area contributed by atoms with Gasteiger partial charge in [-0.1, -0.05) is 12.1 Å². The Balaban J connectivity index is 1.70. The lowest BCUT2D eigenvalue weighted by Crippen LogP contribution is -2.36. The number of nitrogens with zero attached hydrogens (tertiary/aromatic N) is 3. The number of aliphatic hydroxyl groups excluding tert-OH is 1. The van der Waals surface area contributed by atoms with E-state index in [9.17, 15) is 20.1 Å². The smallest absolute Gasteiger partial charge is 0.407 e. The molecule has 3 rings (SSSR count). The number of carboxylic acid groups (broad SMARTS) is 1. The molecule has 25 heavy (non-hydrogen) atoms. The highest BCUT2D eigenvalue weighted by atomic mass is 16.4. The Hall–Kier alpha value is -3.06. The maximum atomic E-state index is 11.5. The Morgan fingerprint density at radius 3 is 2.80 bits per heavy atom. The van der Waals surface area contributed by atoms with Crippen LogP contribution in [-0.4, -0.2) is 49.0 Å². The maximum Gasteiger partial charge on any atom is 0.407 e. The summed E-state index contributed by atoms with van der Waals surface area (Å²) in [4.78, 5) is 16.6. The zero-order valence-electron chi connectivity index (χ0n) is 13.5. The number of aliphatic hydroxyl groups is 1. The normalized spacial score (nSPS) is 12.2. The van der Waals surface area contributed by atoms with E-state index in [-0.39, 0.29) is 18.8 Å². The summed E-state index contributed by atoms with van der Waals surface area (Å²) in [5.41, 5.74) is 1.41. The number of benzene rings is 1. The van der Waals surface area contributed by atoms with Crippen LogP contribution in [0.3, 0.4) is 0 Å². The van der Waals surface area contributed by atoms with Gasteiger partial charge in [-0.25, -0.2) is 4.79 Å². The number of hydrogen-bond acceptors (Lipinski definition) is 4. The second-order valence-electron chi connectivity index (χ2n) is 5.75. The number of phenols is 1. The lowest BCUT2D eigenvalue weighted by atomic mass is 10.1. The lowest BCUT2D eigenvalue weighted by Gasteiger charge is -2.23. The molecule has 0 aliphatic heterocycles. The third-order valence-corrected chi connectivity index (χ3v) is 4.13. The number of carbonyl (C=O) groups is 1. The topological polar surface area (TPSA) is 98.8 Å². The van der Waals surface area contributed by atoms with Gasteiger partial charge >= 0.3 is 6.09 Å². The van der Waals surface area contributed by atoms with Gasteiger partial charge in [0.15, 0.2) is 0 Å². The molecule has 7 nitrogen and oxygen atoms in total. The molecule has 1 amide bonds. The quantitative estimate of drug-likeness (QED) is 0.640. The van der Waals surface area contributed by atoms with Crippen molar-refractivity contribution in [2.45, 2.75) is 12.6 Å². The molecule has 0 aliphatic rings. The molecule has 1 atom stereocenters. The zero-order chi connectivity index (χ0) is 17.8. The minimum atomic E-state index is -1.10. The molecule has 0 aliphatic carbocycles. The van der Waals surface area contributed by atoms with Gasteiger partial charge < -0.3 is 24.8 Å². The summed E-state index contributed by atoms with van der Waals surface area (Å²) in [6.45, 7) is 0.594. The molecule has 0 spiro atoms. The van der Waals surface area contributed by atoms with Crippen LogP contribution in [0.5, 0.6) is 5.75 Å².